The van der Waals surface area contributed by atoms with Crippen LogP contribution < -0.4 is 10.6 Å². The highest BCUT2D eigenvalue weighted by Crippen LogP contribution is 2.41. The highest BCUT2D eigenvalue weighted by molar-refractivity contribution is 4.97. The van der Waals surface area contributed by atoms with E-state index in [1.807, 2.05) is 0 Å². The molecular formula is C10H20N2. The molecule has 2 aliphatic rings. The van der Waals surface area contributed by atoms with E-state index in [9.17, 15) is 0 Å². The minimum atomic E-state index is 0.798. The molecule has 2 fully saturated rings. The predicted octanol–water partition coefficient (Wildman–Crippen LogP) is 0.982. The van der Waals surface area contributed by atoms with E-state index < -0.39 is 0 Å². The van der Waals surface area contributed by atoms with Crippen molar-refractivity contribution < 1.29 is 0 Å². The molecule has 0 amide bonds. The molecule has 0 aromatic carbocycles. The predicted molar refractivity (Wildman–Crippen MR) is 51.1 cm³/mol. The van der Waals surface area contributed by atoms with Crippen LogP contribution in [0, 0.1) is 11.8 Å². The Morgan fingerprint density at radius 3 is 1.92 bits per heavy atom. The van der Waals surface area contributed by atoms with Crippen LogP contribution in [0.2, 0.25) is 0 Å². The molecule has 12 heavy (non-hydrogen) atoms. The lowest BCUT2D eigenvalue weighted by Crippen LogP contribution is -2.45. The van der Waals surface area contributed by atoms with E-state index in [0.29, 0.717) is 0 Å². The Kier molecular flexibility index (Phi) is 2.37. The van der Waals surface area contributed by atoms with Crippen LogP contribution in [0.1, 0.15) is 25.7 Å². The molecule has 2 atom stereocenters. The molecule has 2 nitrogen and oxygen atoms in total. The Bertz CT molecular complexity index is 144. The Hall–Kier alpha value is -0.0800. The summed E-state index contributed by atoms with van der Waals surface area (Å²) in [4.78, 5) is 0. The second kappa shape index (κ2) is 3.35. The second-order valence-electron chi connectivity index (χ2n) is 4.37. The summed E-state index contributed by atoms with van der Waals surface area (Å²) in [5, 5.41) is 6.90. The zero-order valence-electron chi connectivity index (χ0n) is 8.14. The number of nitrogens with one attached hydrogen (secondary N) is 2. The SMILES string of the molecule is CNC1CC2CCC(C1)C2NC. The maximum absolute atomic E-state index is 3.48. The maximum atomic E-state index is 3.48. The van der Waals surface area contributed by atoms with E-state index in [1.165, 1.54) is 25.7 Å². The summed E-state index contributed by atoms with van der Waals surface area (Å²) in [6.45, 7) is 0. The van der Waals surface area contributed by atoms with E-state index in [2.05, 4.69) is 24.7 Å². The van der Waals surface area contributed by atoms with Gasteiger partial charge in [0.2, 0.25) is 0 Å². The fraction of sp³-hybridized carbons (Fsp3) is 1.00. The molecule has 0 radical (unpaired) electrons. The summed E-state index contributed by atoms with van der Waals surface area (Å²) in [6.07, 6.45) is 5.68. The molecule has 70 valence electrons. The van der Waals surface area contributed by atoms with Crippen LogP contribution in [0.4, 0.5) is 0 Å². The van der Waals surface area contributed by atoms with Crippen molar-refractivity contribution in [3.05, 3.63) is 0 Å². The molecule has 0 aromatic heterocycles. The monoisotopic (exact) mass is 168 g/mol. The average molecular weight is 168 g/mol. The third-order valence-electron chi connectivity index (χ3n) is 3.84. The van der Waals surface area contributed by atoms with Crippen molar-refractivity contribution in [3.8, 4) is 0 Å². The van der Waals surface area contributed by atoms with Gasteiger partial charge in [0.05, 0.1) is 0 Å². The Balaban J connectivity index is 2.01. The molecule has 2 saturated carbocycles. The van der Waals surface area contributed by atoms with Crippen LogP contribution in [-0.4, -0.2) is 26.2 Å². The van der Waals surface area contributed by atoms with Gasteiger partial charge in [-0.2, -0.15) is 0 Å². The zero-order chi connectivity index (χ0) is 8.55. The summed E-state index contributed by atoms with van der Waals surface area (Å²) in [5.41, 5.74) is 0. The van der Waals surface area contributed by atoms with Crippen LogP contribution in [-0.2, 0) is 0 Å². The Morgan fingerprint density at radius 2 is 1.50 bits per heavy atom. The van der Waals surface area contributed by atoms with Gasteiger partial charge in [0.1, 0.15) is 0 Å². The number of hydrogen-bond acceptors (Lipinski definition) is 2. The summed E-state index contributed by atoms with van der Waals surface area (Å²) >= 11 is 0. The molecule has 0 heterocycles. The van der Waals surface area contributed by atoms with Gasteiger partial charge < -0.3 is 10.6 Å². The fourth-order valence-electron chi connectivity index (χ4n) is 3.24. The van der Waals surface area contributed by atoms with Gasteiger partial charge in [0, 0.05) is 12.1 Å². The van der Waals surface area contributed by atoms with Crippen molar-refractivity contribution in [1.29, 1.82) is 0 Å². The lowest BCUT2D eigenvalue weighted by molar-refractivity contribution is 0.226. The molecule has 2 aliphatic carbocycles. The Labute approximate surface area is 75.1 Å². The Morgan fingerprint density at radius 1 is 0.917 bits per heavy atom. The van der Waals surface area contributed by atoms with Crippen LogP contribution in [0.25, 0.3) is 0 Å². The molecule has 2 bridgehead atoms. The first-order chi connectivity index (χ1) is 5.85. The van der Waals surface area contributed by atoms with Crippen LogP contribution >= 0.6 is 0 Å². The van der Waals surface area contributed by atoms with Crippen molar-refractivity contribution in [2.75, 3.05) is 14.1 Å². The van der Waals surface area contributed by atoms with Crippen molar-refractivity contribution in [2.24, 2.45) is 11.8 Å². The lowest BCUT2D eigenvalue weighted by Gasteiger charge is -2.34. The van der Waals surface area contributed by atoms with Gasteiger partial charge >= 0.3 is 0 Å². The van der Waals surface area contributed by atoms with Gasteiger partial charge in [-0.1, -0.05) is 0 Å². The second-order valence-corrected chi connectivity index (χ2v) is 4.37. The topological polar surface area (TPSA) is 24.1 Å². The van der Waals surface area contributed by atoms with E-state index in [4.69, 9.17) is 0 Å². The number of rotatable bonds is 2. The molecule has 2 rings (SSSR count). The summed E-state index contributed by atoms with van der Waals surface area (Å²) in [5.74, 6) is 1.90. The highest BCUT2D eigenvalue weighted by Gasteiger charge is 2.41. The van der Waals surface area contributed by atoms with Gasteiger partial charge in [-0.15, -0.1) is 0 Å². The van der Waals surface area contributed by atoms with Gasteiger partial charge in [0.15, 0.2) is 0 Å². The van der Waals surface area contributed by atoms with E-state index >= 15 is 0 Å². The van der Waals surface area contributed by atoms with Gasteiger partial charge in [-0.3, -0.25) is 0 Å². The van der Waals surface area contributed by atoms with Gasteiger partial charge in [-0.25, -0.2) is 0 Å². The summed E-state index contributed by atoms with van der Waals surface area (Å²) in [6, 6.07) is 1.63. The number of fused-ring (bicyclic) bond motifs is 2. The first-order valence-electron chi connectivity index (χ1n) is 5.19. The summed E-state index contributed by atoms with van der Waals surface area (Å²) in [7, 11) is 4.22. The maximum Gasteiger partial charge on any atom is 0.0122 e. The van der Waals surface area contributed by atoms with Crippen molar-refractivity contribution in [2.45, 2.75) is 37.8 Å². The van der Waals surface area contributed by atoms with Crippen molar-refractivity contribution in [3.63, 3.8) is 0 Å². The minimum absolute atomic E-state index is 0.798. The van der Waals surface area contributed by atoms with Crippen molar-refractivity contribution >= 4 is 0 Å². The van der Waals surface area contributed by atoms with E-state index in [0.717, 1.165) is 23.9 Å². The standard InChI is InChI=1S/C10H20N2/c1-11-9-5-7-3-4-8(6-9)10(7)12-2/h7-12H,3-6H2,1-2H3. The van der Waals surface area contributed by atoms with E-state index in [1.54, 1.807) is 0 Å². The molecule has 0 spiro atoms. The average Bonchev–Trinajstić information content (AvgIpc) is 2.35. The molecule has 2 N–H and O–H groups in total. The lowest BCUT2D eigenvalue weighted by atomic mass is 9.81. The normalized spacial score (nSPS) is 46.5. The fourth-order valence-corrected chi connectivity index (χ4v) is 3.24. The largest absolute Gasteiger partial charge is 0.317 e. The smallest absolute Gasteiger partial charge is 0.0122 e. The molecule has 2 heteroatoms. The first kappa shape index (κ1) is 8.52. The third-order valence-corrected chi connectivity index (χ3v) is 3.84. The molecular weight excluding hydrogens is 148 g/mol. The minimum Gasteiger partial charge on any atom is -0.317 e. The van der Waals surface area contributed by atoms with Gasteiger partial charge in [-0.05, 0) is 51.6 Å². The third kappa shape index (κ3) is 1.27. The first-order valence-corrected chi connectivity index (χ1v) is 5.19. The van der Waals surface area contributed by atoms with Crippen LogP contribution in [0.5, 0.6) is 0 Å². The molecule has 0 saturated heterocycles. The quantitative estimate of drug-likeness (QED) is 0.642. The van der Waals surface area contributed by atoms with Crippen LogP contribution in [0.15, 0.2) is 0 Å². The molecule has 0 aliphatic heterocycles. The number of hydrogen-bond donors (Lipinski definition) is 2. The zero-order valence-corrected chi connectivity index (χ0v) is 8.14. The van der Waals surface area contributed by atoms with Crippen LogP contribution in [0.3, 0.4) is 0 Å². The molecule has 0 aromatic rings. The van der Waals surface area contributed by atoms with Gasteiger partial charge in [0.25, 0.3) is 0 Å². The van der Waals surface area contributed by atoms with Crippen molar-refractivity contribution in [1.82, 2.24) is 10.6 Å². The molecule has 2 unspecified atom stereocenters. The summed E-state index contributed by atoms with van der Waals surface area (Å²) < 4.78 is 0. The highest BCUT2D eigenvalue weighted by atomic mass is 14.9. The van der Waals surface area contributed by atoms with E-state index in [-0.39, 0.29) is 0 Å².